The van der Waals surface area contributed by atoms with Crippen LogP contribution in [0.25, 0.3) is 0 Å². The maximum Gasteiger partial charge on any atom is 0.272 e. The van der Waals surface area contributed by atoms with Crippen LogP contribution in [0.3, 0.4) is 0 Å². The van der Waals surface area contributed by atoms with Gasteiger partial charge < -0.3 is 10.2 Å². The van der Waals surface area contributed by atoms with E-state index in [9.17, 15) is 9.59 Å². The maximum atomic E-state index is 12.5. The Labute approximate surface area is 137 Å². The Kier molecular flexibility index (Phi) is 4.98. The van der Waals surface area contributed by atoms with E-state index >= 15 is 0 Å². The number of aromatic nitrogens is 2. The number of hydrogen-bond acceptors (Lipinski definition) is 3. The van der Waals surface area contributed by atoms with Crippen molar-refractivity contribution in [1.29, 1.82) is 0 Å². The number of aryl methyl sites for hydroxylation is 1. The number of nitrogens with one attached hydrogen (secondary N) is 2. The van der Waals surface area contributed by atoms with Crippen LogP contribution in [0.15, 0.2) is 6.07 Å². The Morgan fingerprint density at radius 1 is 1.30 bits per heavy atom. The predicted octanol–water partition coefficient (Wildman–Crippen LogP) is 1.88. The second-order valence-corrected chi connectivity index (χ2v) is 6.71. The van der Waals surface area contributed by atoms with E-state index in [0.717, 1.165) is 37.9 Å². The molecule has 1 atom stereocenters. The number of carbonyl (C=O) groups excluding carboxylic acids is 2. The van der Waals surface area contributed by atoms with Gasteiger partial charge in [-0.25, -0.2) is 0 Å². The molecule has 0 bridgehead atoms. The van der Waals surface area contributed by atoms with Gasteiger partial charge in [0, 0.05) is 30.7 Å². The first-order valence-electron chi connectivity index (χ1n) is 8.81. The molecule has 2 heterocycles. The van der Waals surface area contributed by atoms with Crippen molar-refractivity contribution in [2.45, 2.75) is 57.9 Å². The SMILES string of the molecule is CCc1cc(C(=O)NC2CCN(C(=O)C3CCCCC3)C2)n[nH]1. The Bertz CT molecular complexity index is 563. The number of aromatic amines is 1. The maximum absolute atomic E-state index is 12.5. The zero-order valence-corrected chi connectivity index (χ0v) is 13.8. The van der Waals surface area contributed by atoms with Gasteiger partial charge in [0.1, 0.15) is 5.69 Å². The van der Waals surface area contributed by atoms with E-state index in [1.165, 1.54) is 19.3 Å². The summed E-state index contributed by atoms with van der Waals surface area (Å²) in [5.41, 5.74) is 1.38. The molecule has 2 amide bonds. The lowest BCUT2D eigenvalue weighted by Crippen LogP contribution is -2.40. The average molecular weight is 318 g/mol. The molecule has 1 aliphatic heterocycles. The van der Waals surface area contributed by atoms with Crippen LogP contribution in [0.2, 0.25) is 0 Å². The zero-order chi connectivity index (χ0) is 16.2. The number of hydrogen-bond donors (Lipinski definition) is 2. The van der Waals surface area contributed by atoms with E-state index in [2.05, 4.69) is 15.5 Å². The van der Waals surface area contributed by atoms with Crippen molar-refractivity contribution in [3.8, 4) is 0 Å². The summed E-state index contributed by atoms with van der Waals surface area (Å²) in [5.74, 6) is 0.337. The largest absolute Gasteiger partial charge is 0.346 e. The van der Waals surface area contributed by atoms with Gasteiger partial charge >= 0.3 is 0 Å². The molecule has 1 saturated heterocycles. The van der Waals surface area contributed by atoms with Crippen LogP contribution in [-0.2, 0) is 11.2 Å². The third kappa shape index (κ3) is 3.74. The number of likely N-dealkylation sites (tertiary alicyclic amines) is 1. The van der Waals surface area contributed by atoms with Crippen LogP contribution in [-0.4, -0.2) is 46.0 Å². The highest BCUT2D eigenvalue weighted by Crippen LogP contribution is 2.26. The van der Waals surface area contributed by atoms with Gasteiger partial charge in [0.25, 0.3) is 5.91 Å². The van der Waals surface area contributed by atoms with Crippen LogP contribution in [0.1, 0.15) is 61.6 Å². The third-order valence-electron chi connectivity index (χ3n) is 5.03. The summed E-state index contributed by atoms with van der Waals surface area (Å²) in [6.45, 7) is 3.40. The van der Waals surface area contributed by atoms with Gasteiger partial charge in [-0.3, -0.25) is 14.7 Å². The number of carbonyl (C=O) groups is 2. The molecule has 2 aliphatic rings. The quantitative estimate of drug-likeness (QED) is 0.890. The van der Waals surface area contributed by atoms with Crippen molar-refractivity contribution in [3.05, 3.63) is 17.5 Å². The van der Waals surface area contributed by atoms with E-state index in [1.54, 1.807) is 6.07 Å². The molecule has 2 N–H and O–H groups in total. The minimum absolute atomic E-state index is 0.0387. The zero-order valence-electron chi connectivity index (χ0n) is 13.8. The number of nitrogens with zero attached hydrogens (tertiary/aromatic N) is 2. The standard InChI is InChI=1S/C17H26N4O2/c1-2-13-10-15(20-19-13)16(22)18-14-8-9-21(11-14)17(23)12-6-4-3-5-7-12/h10,12,14H,2-9,11H2,1H3,(H,18,22)(H,19,20). The second kappa shape index (κ2) is 7.15. The van der Waals surface area contributed by atoms with E-state index in [1.807, 2.05) is 11.8 Å². The lowest BCUT2D eigenvalue weighted by molar-refractivity contribution is -0.135. The molecule has 0 radical (unpaired) electrons. The van der Waals surface area contributed by atoms with Crippen molar-refractivity contribution in [3.63, 3.8) is 0 Å². The van der Waals surface area contributed by atoms with Gasteiger partial charge in [0.2, 0.25) is 5.91 Å². The van der Waals surface area contributed by atoms with Gasteiger partial charge in [-0.15, -0.1) is 0 Å². The van der Waals surface area contributed by atoms with Crippen LogP contribution in [0.4, 0.5) is 0 Å². The predicted molar refractivity (Wildman–Crippen MR) is 87.0 cm³/mol. The molecule has 0 aromatic carbocycles. The van der Waals surface area contributed by atoms with Gasteiger partial charge in [0.05, 0.1) is 0 Å². The van der Waals surface area contributed by atoms with Crippen molar-refractivity contribution in [2.75, 3.05) is 13.1 Å². The van der Waals surface area contributed by atoms with Crippen molar-refractivity contribution >= 4 is 11.8 Å². The molecule has 3 rings (SSSR count). The Morgan fingerprint density at radius 3 is 2.78 bits per heavy atom. The minimum Gasteiger partial charge on any atom is -0.346 e. The molecule has 1 aliphatic carbocycles. The molecule has 1 unspecified atom stereocenters. The van der Waals surface area contributed by atoms with E-state index in [4.69, 9.17) is 0 Å². The first kappa shape index (κ1) is 16.0. The minimum atomic E-state index is -0.155. The summed E-state index contributed by atoms with van der Waals surface area (Å²) in [7, 11) is 0. The van der Waals surface area contributed by atoms with Gasteiger partial charge in [-0.2, -0.15) is 5.10 Å². The summed E-state index contributed by atoms with van der Waals surface area (Å²) < 4.78 is 0. The fourth-order valence-electron chi connectivity index (χ4n) is 3.60. The third-order valence-corrected chi connectivity index (χ3v) is 5.03. The van der Waals surface area contributed by atoms with Crippen LogP contribution < -0.4 is 5.32 Å². The Hall–Kier alpha value is -1.85. The van der Waals surface area contributed by atoms with Crippen molar-refractivity contribution < 1.29 is 9.59 Å². The molecule has 126 valence electrons. The van der Waals surface area contributed by atoms with Crippen LogP contribution in [0.5, 0.6) is 0 Å². The molecule has 6 heteroatoms. The lowest BCUT2D eigenvalue weighted by atomic mass is 9.88. The number of rotatable bonds is 4. The molecule has 1 aromatic heterocycles. The van der Waals surface area contributed by atoms with E-state index in [0.29, 0.717) is 12.2 Å². The molecule has 23 heavy (non-hydrogen) atoms. The highest BCUT2D eigenvalue weighted by Gasteiger charge is 2.32. The van der Waals surface area contributed by atoms with Crippen LogP contribution in [0, 0.1) is 5.92 Å². The highest BCUT2D eigenvalue weighted by molar-refractivity contribution is 5.92. The number of amides is 2. The van der Waals surface area contributed by atoms with Crippen LogP contribution >= 0.6 is 0 Å². The molecular formula is C17H26N4O2. The normalized spacial score (nSPS) is 22.3. The molecule has 0 spiro atoms. The van der Waals surface area contributed by atoms with E-state index in [-0.39, 0.29) is 23.8 Å². The summed E-state index contributed by atoms with van der Waals surface area (Å²) >= 11 is 0. The van der Waals surface area contributed by atoms with Gasteiger partial charge in [0.15, 0.2) is 0 Å². The van der Waals surface area contributed by atoms with Crippen molar-refractivity contribution in [1.82, 2.24) is 20.4 Å². The summed E-state index contributed by atoms with van der Waals surface area (Å²) in [4.78, 5) is 26.7. The van der Waals surface area contributed by atoms with Gasteiger partial charge in [-0.1, -0.05) is 26.2 Å². The Balaban J connectivity index is 1.51. The fourth-order valence-corrected chi connectivity index (χ4v) is 3.60. The molecule has 6 nitrogen and oxygen atoms in total. The van der Waals surface area contributed by atoms with Crippen molar-refractivity contribution in [2.24, 2.45) is 5.92 Å². The second-order valence-electron chi connectivity index (χ2n) is 6.71. The highest BCUT2D eigenvalue weighted by atomic mass is 16.2. The fraction of sp³-hybridized carbons (Fsp3) is 0.706. The lowest BCUT2D eigenvalue weighted by Gasteiger charge is -2.26. The molecule has 1 aromatic rings. The summed E-state index contributed by atoms with van der Waals surface area (Å²) in [6.07, 6.45) is 7.31. The first-order valence-corrected chi connectivity index (χ1v) is 8.81. The molecule has 1 saturated carbocycles. The smallest absolute Gasteiger partial charge is 0.272 e. The molecular weight excluding hydrogens is 292 g/mol. The number of H-pyrrole nitrogens is 1. The molecule has 2 fully saturated rings. The average Bonchev–Trinajstić information content (AvgIpc) is 3.24. The Morgan fingerprint density at radius 2 is 2.09 bits per heavy atom. The summed E-state index contributed by atoms with van der Waals surface area (Å²) in [5, 5.41) is 9.90. The van der Waals surface area contributed by atoms with E-state index < -0.39 is 0 Å². The summed E-state index contributed by atoms with van der Waals surface area (Å²) in [6, 6.07) is 1.83. The first-order chi connectivity index (χ1) is 11.2. The van der Waals surface area contributed by atoms with Gasteiger partial charge in [-0.05, 0) is 31.7 Å². The topological polar surface area (TPSA) is 78.1 Å². The monoisotopic (exact) mass is 318 g/mol.